The quantitative estimate of drug-likeness (QED) is 0.178. The molecule has 0 nitrogen and oxygen atoms in total. The van der Waals surface area contributed by atoms with Crippen molar-refractivity contribution in [3.63, 3.8) is 0 Å². The van der Waals surface area contributed by atoms with Gasteiger partial charge in [-0.1, -0.05) is 0 Å². The van der Waals surface area contributed by atoms with E-state index in [1.165, 1.54) is 0 Å². The first-order chi connectivity index (χ1) is 7.86. The van der Waals surface area contributed by atoms with Crippen LogP contribution in [0.2, 0.25) is 0 Å². The Kier molecular flexibility index (Phi) is 9.27. The molecule has 20 heavy (non-hydrogen) atoms. The van der Waals surface area contributed by atoms with Crippen LogP contribution in [0.5, 0.6) is 0 Å². The van der Waals surface area contributed by atoms with E-state index in [1.807, 2.05) is 0 Å². The fourth-order valence-corrected chi connectivity index (χ4v) is 1.43. The molecule has 0 saturated heterocycles. The van der Waals surface area contributed by atoms with Crippen molar-refractivity contribution in [3.05, 3.63) is 46.8 Å². The van der Waals surface area contributed by atoms with Gasteiger partial charge in [-0.2, -0.15) is 0 Å². The Hall–Kier alpha value is 0.430. The summed E-state index contributed by atoms with van der Waals surface area (Å²) in [6, 6.07) is -0.0858. The summed E-state index contributed by atoms with van der Waals surface area (Å²) < 4.78 is 90.6. The molecule has 0 fully saturated rings. The van der Waals surface area contributed by atoms with Crippen molar-refractivity contribution in [1.82, 2.24) is 0 Å². The van der Waals surface area contributed by atoms with Crippen LogP contribution in [-0.4, -0.2) is 37.7 Å². The van der Waals surface area contributed by atoms with Crippen LogP contribution in [0.1, 0.15) is 0 Å². The van der Waals surface area contributed by atoms with Crippen LogP contribution in [0.25, 0.3) is 10.8 Å². The molecular weight excluding hydrogens is 453 g/mol. The second kappa shape index (κ2) is 8.17. The van der Waals surface area contributed by atoms with Crippen molar-refractivity contribution < 1.29 is 64.7 Å². The second-order valence-electron chi connectivity index (χ2n) is 3.16. The molecule has 0 aromatic heterocycles. The number of benzene rings is 2. The first kappa shape index (κ1) is 22.7. The summed E-state index contributed by atoms with van der Waals surface area (Å²) in [6.07, 6.45) is 0. The molecule has 0 N–H and O–H groups in total. The summed E-state index contributed by atoms with van der Waals surface area (Å²) in [7, 11) is 0. The minimum absolute atomic E-state index is 0. The number of halogens is 9. The van der Waals surface area contributed by atoms with Gasteiger partial charge in [-0.3, -0.25) is 0 Å². The molecule has 0 bridgehead atoms. The molecule has 0 atom stereocenters. The van der Waals surface area contributed by atoms with Crippen LogP contribution in [0.15, 0.2) is 6.07 Å². The number of hydrogen-bond acceptors (Lipinski definition) is 0. The molecule has 0 amide bonds. The predicted molar refractivity (Wildman–Crippen MR) is 49.4 cm³/mol. The molecule has 2 aromatic carbocycles. The van der Waals surface area contributed by atoms with E-state index in [0.29, 0.717) is 0 Å². The molecule has 0 spiro atoms. The van der Waals surface area contributed by atoms with E-state index in [1.54, 1.807) is 0 Å². The maximum atomic E-state index is 13.1. The van der Waals surface area contributed by atoms with Crippen molar-refractivity contribution in [1.29, 1.82) is 0 Å². The molecule has 0 radical (unpaired) electrons. The maximum Gasteiger partial charge on any atom is 2.00 e. The standard InChI is InChI=1S/C10HF7.2BrH.Ca/c11-2-1-3(12)6(13)5-4(2)7(14)9(16)10(17)8(5)15;;;/h1H;2*1H;/q;;;+2/p-2. The number of fused-ring (bicyclic) bond motifs is 1. The molecule has 106 valence electrons. The summed E-state index contributed by atoms with van der Waals surface area (Å²) in [5.74, 6) is -14.5. The topological polar surface area (TPSA) is 0 Å². The summed E-state index contributed by atoms with van der Waals surface area (Å²) in [5.41, 5.74) is 0. The second-order valence-corrected chi connectivity index (χ2v) is 3.16. The zero-order valence-corrected chi connectivity index (χ0v) is 14.6. The monoisotopic (exact) mass is 452 g/mol. The van der Waals surface area contributed by atoms with E-state index in [-0.39, 0.29) is 77.8 Å². The largest absolute Gasteiger partial charge is 2.00 e. The van der Waals surface area contributed by atoms with Gasteiger partial charge < -0.3 is 34.0 Å². The summed E-state index contributed by atoms with van der Waals surface area (Å²) in [4.78, 5) is 0. The van der Waals surface area contributed by atoms with Gasteiger partial charge in [-0.25, -0.2) is 30.7 Å². The smallest absolute Gasteiger partial charge is 1.00 e. The Bertz CT molecular complexity index is 648. The molecule has 0 saturated carbocycles. The van der Waals surface area contributed by atoms with Gasteiger partial charge in [0.05, 0.1) is 10.8 Å². The van der Waals surface area contributed by atoms with E-state index in [4.69, 9.17) is 0 Å². The first-order valence-electron chi connectivity index (χ1n) is 4.15. The zero-order valence-electron chi connectivity index (χ0n) is 9.19. The molecule has 0 unspecified atom stereocenters. The zero-order chi connectivity index (χ0) is 12.9. The molecule has 0 heterocycles. The van der Waals surface area contributed by atoms with Crippen molar-refractivity contribution in [3.8, 4) is 0 Å². The third-order valence-corrected chi connectivity index (χ3v) is 2.19. The Labute approximate surface area is 158 Å². The predicted octanol–water partition coefficient (Wildman–Crippen LogP) is -2.56. The van der Waals surface area contributed by atoms with Gasteiger partial charge in [0.2, 0.25) is 0 Å². The van der Waals surface area contributed by atoms with Crippen LogP contribution in [0, 0.1) is 40.7 Å². The molecule has 2 rings (SSSR count). The van der Waals surface area contributed by atoms with Gasteiger partial charge in [0.1, 0.15) is 5.82 Å². The van der Waals surface area contributed by atoms with Gasteiger partial charge in [-0.15, -0.1) is 0 Å². The van der Waals surface area contributed by atoms with Crippen LogP contribution in [0.4, 0.5) is 30.7 Å². The normalized spacial score (nSPS) is 9.55. The third kappa shape index (κ3) is 3.43. The van der Waals surface area contributed by atoms with E-state index in [0.717, 1.165) is 0 Å². The maximum absolute atomic E-state index is 13.1. The fraction of sp³-hybridized carbons (Fsp3) is 0. The minimum Gasteiger partial charge on any atom is -1.00 e. The van der Waals surface area contributed by atoms with E-state index >= 15 is 0 Å². The van der Waals surface area contributed by atoms with Crippen LogP contribution in [-0.2, 0) is 0 Å². The number of hydrogen-bond donors (Lipinski definition) is 0. The first-order valence-corrected chi connectivity index (χ1v) is 4.15. The molecule has 0 aliphatic rings. The van der Waals surface area contributed by atoms with Crippen molar-refractivity contribution in [2.45, 2.75) is 0 Å². The van der Waals surface area contributed by atoms with Gasteiger partial charge >= 0.3 is 37.7 Å². The Morgan fingerprint density at radius 2 is 0.900 bits per heavy atom. The summed E-state index contributed by atoms with van der Waals surface area (Å²) in [5, 5.41) is -3.07. The van der Waals surface area contributed by atoms with Gasteiger partial charge in [0.25, 0.3) is 0 Å². The Morgan fingerprint density at radius 3 is 1.35 bits per heavy atom. The van der Waals surface area contributed by atoms with Crippen LogP contribution in [0.3, 0.4) is 0 Å². The average Bonchev–Trinajstić information content (AvgIpc) is 2.28. The number of rotatable bonds is 0. The molecular formula is C10HBr2CaF7. The van der Waals surface area contributed by atoms with Crippen molar-refractivity contribution in [2.24, 2.45) is 0 Å². The molecule has 0 aliphatic heterocycles. The van der Waals surface area contributed by atoms with E-state index < -0.39 is 51.5 Å². The summed E-state index contributed by atoms with van der Waals surface area (Å²) in [6.45, 7) is 0. The molecule has 10 heteroatoms. The molecule has 2 aromatic rings. The van der Waals surface area contributed by atoms with Crippen molar-refractivity contribution >= 4 is 48.5 Å². The van der Waals surface area contributed by atoms with E-state index in [2.05, 4.69) is 0 Å². The summed E-state index contributed by atoms with van der Waals surface area (Å²) >= 11 is 0. The Morgan fingerprint density at radius 1 is 0.500 bits per heavy atom. The van der Waals surface area contributed by atoms with Crippen LogP contribution < -0.4 is 34.0 Å². The van der Waals surface area contributed by atoms with Crippen LogP contribution >= 0.6 is 0 Å². The van der Waals surface area contributed by atoms with Crippen molar-refractivity contribution in [2.75, 3.05) is 0 Å². The minimum atomic E-state index is -2.33. The SMILES string of the molecule is Fc1cc(F)c2c(F)c(F)c(F)c(F)c2c1F.[Br-].[Br-].[Ca+2]. The molecule has 0 aliphatic carbocycles. The van der Waals surface area contributed by atoms with Gasteiger partial charge in [0, 0.05) is 6.07 Å². The third-order valence-electron chi connectivity index (χ3n) is 2.19. The fourth-order valence-electron chi connectivity index (χ4n) is 1.43. The Balaban J connectivity index is 0. The van der Waals surface area contributed by atoms with E-state index in [9.17, 15) is 30.7 Å². The average molecular weight is 454 g/mol. The van der Waals surface area contributed by atoms with Gasteiger partial charge in [0.15, 0.2) is 34.9 Å². The van der Waals surface area contributed by atoms with Gasteiger partial charge in [-0.05, 0) is 0 Å².